The van der Waals surface area contributed by atoms with Crippen molar-refractivity contribution in [2.24, 2.45) is 5.73 Å². The van der Waals surface area contributed by atoms with Crippen molar-refractivity contribution >= 4 is 11.3 Å². The second-order valence-corrected chi connectivity index (χ2v) is 7.19. The molecule has 0 bridgehead atoms. The third-order valence-corrected chi connectivity index (χ3v) is 3.84. The quantitative estimate of drug-likeness (QED) is 0.933. The Kier molecular flexibility index (Phi) is 4.11. The van der Waals surface area contributed by atoms with E-state index in [1.54, 1.807) is 11.3 Å². The largest absolute Gasteiger partial charge is 0.347 e. The summed E-state index contributed by atoms with van der Waals surface area (Å²) in [6.45, 7) is 9.47. The smallest absolute Gasteiger partial charge is 0.113 e. The standard InChI is InChI=1S/C15H23N3S/c1-11(16)7-12-5-6-18(8-12)9-14-17-13(10-19-14)15(2,3)4/h5-6,8,10-11H,7,9,16H2,1-4H3. The molecule has 0 aliphatic carbocycles. The fourth-order valence-electron chi connectivity index (χ4n) is 1.97. The van der Waals surface area contributed by atoms with Crippen LogP contribution in [-0.2, 0) is 18.4 Å². The molecular formula is C15H23N3S. The van der Waals surface area contributed by atoms with Gasteiger partial charge in [0.1, 0.15) is 5.01 Å². The van der Waals surface area contributed by atoms with Crippen LogP contribution in [0.2, 0.25) is 0 Å². The van der Waals surface area contributed by atoms with Gasteiger partial charge in [0, 0.05) is 29.2 Å². The van der Waals surface area contributed by atoms with Crippen LogP contribution < -0.4 is 5.73 Å². The zero-order valence-corrected chi connectivity index (χ0v) is 13.0. The van der Waals surface area contributed by atoms with Gasteiger partial charge in [-0.2, -0.15) is 0 Å². The topological polar surface area (TPSA) is 43.8 Å². The van der Waals surface area contributed by atoms with Crippen molar-refractivity contribution < 1.29 is 0 Å². The van der Waals surface area contributed by atoms with Gasteiger partial charge in [0.2, 0.25) is 0 Å². The lowest BCUT2D eigenvalue weighted by molar-refractivity contribution is 0.569. The van der Waals surface area contributed by atoms with Crippen LogP contribution in [0, 0.1) is 0 Å². The molecule has 4 heteroatoms. The second kappa shape index (κ2) is 5.47. The summed E-state index contributed by atoms with van der Waals surface area (Å²) in [5.41, 5.74) is 8.42. The molecule has 2 aromatic rings. The van der Waals surface area contributed by atoms with Gasteiger partial charge >= 0.3 is 0 Å². The van der Waals surface area contributed by atoms with Gasteiger partial charge in [0.15, 0.2) is 0 Å². The molecule has 2 heterocycles. The Morgan fingerprint density at radius 1 is 1.42 bits per heavy atom. The molecule has 104 valence electrons. The average Bonchev–Trinajstić information content (AvgIpc) is 2.86. The van der Waals surface area contributed by atoms with E-state index in [2.05, 4.69) is 49.2 Å². The third-order valence-electron chi connectivity index (χ3n) is 3.01. The summed E-state index contributed by atoms with van der Waals surface area (Å²) < 4.78 is 2.18. The van der Waals surface area contributed by atoms with E-state index >= 15 is 0 Å². The molecule has 2 aromatic heterocycles. The lowest BCUT2D eigenvalue weighted by Crippen LogP contribution is -2.17. The molecule has 0 aliphatic heterocycles. The van der Waals surface area contributed by atoms with Crippen molar-refractivity contribution in [1.82, 2.24) is 9.55 Å². The lowest BCUT2D eigenvalue weighted by atomic mass is 9.93. The summed E-state index contributed by atoms with van der Waals surface area (Å²) >= 11 is 1.74. The van der Waals surface area contributed by atoms with E-state index < -0.39 is 0 Å². The molecule has 0 fully saturated rings. The van der Waals surface area contributed by atoms with Crippen LogP contribution in [0.1, 0.15) is 44.0 Å². The van der Waals surface area contributed by atoms with Gasteiger partial charge in [-0.15, -0.1) is 11.3 Å². The molecule has 3 nitrogen and oxygen atoms in total. The maximum atomic E-state index is 5.82. The highest BCUT2D eigenvalue weighted by Crippen LogP contribution is 2.24. The molecular weight excluding hydrogens is 254 g/mol. The van der Waals surface area contributed by atoms with Crippen LogP contribution in [0.3, 0.4) is 0 Å². The first-order chi connectivity index (χ1) is 8.84. The van der Waals surface area contributed by atoms with Crippen molar-refractivity contribution in [1.29, 1.82) is 0 Å². The molecule has 0 amide bonds. The van der Waals surface area contributed by atoms with E-state index in [9.17, 15) is 0 Å². The van der Waals surface area contributed by atoms with Crippen LogP contribution in [0.25, 0.3) is 0 Å². The van der Waals surface area contributed by atoms with Gasteiger partial charge in [-0.05, 0) is 25.0 Å². The van der Waals surface area contributed by atoms with Crippen LogP contribution in [0.15, 0.2) is 23.8 Å². The Balaban J connectivity index is 2.05. The monoisotopic (exact) mass is 277 g/mol. The minimum absolute atomic E-state index is 0.131. The molecule has 1 atom stereocenters. The Bertz CT molecular complexity index is 532. The first-order valence-electron chi connectivity index (χ1n) is 6.70. The Morgan fingerprint density at radius 2 is 2.16 bits per heavy atom. The fourth-order valence-corrected chi connectivity index (χ4v) is 2.99. The summed E-state index contributed by atoms with van der Waals surface area (Å²) in [6, 6.07) is 2.35. The fraction of sp³-hybridized carbons (Fsp3) is 0.533. The normalized spacial score (nSPS) is 13.7. The van der Waals surface area contributed by atoms with Crippen LogP contribution >= 0.6 is 11.3 Å². The van der Waals surface area contributed by atoms with Crippen molar-refractivity contribution in [3.8, 4) is 0 Å². The van der Waals surface area contributed by atoms with E-state index in [-0.39, 0.29) is 11.5 Å². The molecule has 2 N–H and O–H groups in total. The number of hydrogen-bond donors (Lipinski definition) is 1. The summed E-state index contributed by atoms with van der Waals surface area (Å²) in [4.78, 5) is 4.72. The van der Waals surface area contributed by atoms with Gasteiger partial charge in [-0.25, -0.2) is 4.98 Å². The lowest BCUT2D eigenvalue weighted by Gasteiger charge is -2.14. The van der Waals surface area contributed by atoms with Gasteiger partial charge in [0.05, 0.1) is 12.2 Å². The molecule has 19 heavy (non-hydrogen) atoms. The minimum atomic E-state index is 0.131. The van der Waals surface area contributed by atoms with Crippen LogP contribution in [0.4, 0.5) is 0 Å². The first kappa shape index (κ1) is 14.3. The number of aromatic nitrogens is 2. The molecule has 0 saturated carbocycles. The Morgan fingerprint density at radius 3 is 2.74 bits per heavy atom. The van der Waals surface area contributed by atoms with Crippen molar-refractivity contribution in [2.45, 2.75) is 52.1 Å². The van der Waals surface area contributed by atoms with Gasteiger partial charge in [0.25, 0.3) is 0 Å². The maximum Gasteiger partial charge on any atom is 0.113 e. The number of hydrogen-bond acceptors (Lipinski definition) is 3. The van der Waals surface area contributed by atoms with Gasteiger partial charge in [-0.3, -0.25) is 0 Å². The molecule has 0 spiro atoms. The highest BCUT2D eigenvalue weighted by atomic mass is 32.1. The summed E-state index contributed by atoms with van der Waals surface area (Å²) in [5, 5.41) is 3.33. The highest BCUT2D eigenvalue weighted by Gasteiger charge is 2.17. The number of rotatable bonds is 4. The van der Waals surface area contributed by atoms with Gasteiger partial charge in [-0.1, -0.05) is 20.8 Å². The summed E-state index contributed by atoms with van der Waals surface area (Å²) in [6.07, 6.45) is 5.20. The molecule has 0 saturated heterocycles. The van der Waals surface area contributed by atoms with Crippen molar-refractivity contribution in [2.75, 3.05) is 0 Å². The zero-order valence-electron chi connectivity index (χ0n) is 12.2. The number of nitrogens with zero attached hydrogens (tertiary/aromatic N) is 2. The minimum Gasteiger partial charge on any atom is -0.347 e. The highest BCUT2D eigenvalue weighted by molar-refractivity contribution is 7.09. The Labute approximate surface area is 119 Å². The molecule has 0 radical (unpaired) electrons. The van der Waals surface area contributed by atoms with Crippen LogP contribution in [-0.4, -0.2) is 15.6 Å². The summed E-state index contributed by atoms with van der Waals surface area (Å²) in [5.74, 6) is 0. The molecule has 2 rings (SSSR count). The number of nitrogens with two attached hydrogens (primary N) is 1. The maximum absolute atomic E-state index is 5.82. The third kappa shape index (κ3) is 3.91. The molecule has 1 unspecified atom stereocenters. The van der Waals surface area contributed by atoms with E-state index in [1.165, 1.54) is 11.3 Å². The predicted octanol–water partition coefficient (Wildman–Crippen LogP) is 3.18. The van der Waals surface area contributed by atoms with Crippen LogP contribution in [0.5, 0.6) is 0 Å². The summed E-state index contributed by atoms with van der Waals surface area (Å²) in [7, 11) is 0. The molecule has 0 aliphatic rings. The Hall–Kier alpha value is -1.13. The van der Waals surface area contributed by atoms with Crippen molar-refractivity contribution in [3.63, 3.8) is 0 Å². The SMILES string of the molecule is CC(N)Cc1ccn(Cc2nc(C(C)(C)C)cs2)c1. The van der Waals surface area contributed by atoms with E-state index in [0.29, 0.717) is 0 Å². The average molecular weight is 277 g/mol. The van der Waals surface area contributed by atoms with E-state index in [4.69, 9.17) is 10.7 Å². The number of thiazole rings is 1. The van der Waals surface area contributed by atoms with E-state index in [1.807, 2.05) is 6.92 Å². The predicted molar refractivity (Wildman–Crippen MR) is 81.7 cm³/mol. The first-order valence-corrected chi connectivity index (χ1v) is 7.57. The second-order valence-electron chi connectivity index (χ2n) is 6.25. The molecule has 0 aromatic carbocycles. The zero-order chi connectivity index (χ0) is 14.0. The van der Waals surface area contributed by atoms with E-state index in [0.717, 1.165) is 18.0 Å². The van der Waals surface area contributed by atoms with Gasteiger partial charge < -0.3 is 10.3 Å². The van der Waals surface area contributed by atoms with Crippen molar-refractivity contribution in [3.05, 3.63) is 40.1 Å².